The van der Waals surface area contributed by atoms with Crippen LogP contribution in [0.2, 0.25) is 0 Å². The highest BCUT2D eigenvalue weighted by molar-refractivity contribution is 6.05. The van der Waals surface area contributed by atoms with Crippen LogP contribution in [-0.2, 0) is 4.79 Å². The lowest BCUT2D eigenvalue weighted by molar-refractivity contribution is -0.141. The second-order valence-electron chi connectivity index (χ2n) is 5.10. The SMILES string of the molecule is CCN1C(Nc2ccc3[nH]c(C)nc3c2)=NC(N)=NC1C(=O)O. The Kier molecular flexibility index (Phi) is 3.61. The molecule has 0 amide bonds. The number of aryl methyl sites for hydroxylation is 1. The van der Waals surface area contributed by atoms with Crippen LogP contribution >= 0.6 is 0 Å². The number of aromatic amines is 1. The molecule has 2 aromatic rings. The fourth-order valence-electron chi connectivity index (χ4n) is 2.46. The summed E-state index contributed by atoms with van der Waals surface area (Å²) in [6.07, 6.45) is -1.09. The van der Waals surface area contributed by atoms with E-state index < -0.39 is 12.1 Å². The van der Waals surface area contributed by atoms with Crippen molar-refractivity contribution < 1.29 is 9.90 Å². The smallest absolute Gasteiger partial charge is 0.349 e. The first-order chi connectivity index (χ1) is 11.0. The summed E-state index contributed by atoms with van der Waals surface area (Å²) in [5, 5.41) is 12.4. The van der Waals surface area contributed by atoms with Crippen LogP contribution in [0.4, 0.5) is 5.69 Å². The summed E-state index contributed by atoms with van der Waals surface area (Å²) in [4.78, 5) is 28.4. The number of nitrogens with two attached hydrogens (primary N) is 1. The fourth-order valence-corrected chi connectivity index (χ4v) is 2.46. The van der Waals surface area contributed by atoms with Gasteiger partial charge in [0.25, 0.3) is 0 Å². The minimum atomic E-state index is -1.09. The van der Waals surface area contributed by atoms with Gasteiger partial charge < -0.3 is 26.0 Å². The summed E-state index contributed by atoms with van der Waals surface area (Å²) in [6.45, 7) is 4.12. The normalized spacial score (nSPS) is 17.8. The number of nitrogens with one attached hydrogen (secondary N) is 2. The maximum absolute atomic E-state index is 11.3. The molecular formula is C14H17N7O2. The molecule has 0 fully saturated rings. The van der Waals surface area contributed by atoms with E-state index in [1.165, 1.54) is 4.90 Å². The molecule has 1 aliphatic heterocycles. The van der Waals surface area contributed by atoms with Crippen molar-refractivity contribution in [1.29, 1.82) is 0 Å². The number of aliphatic carboxylic acids is 1. The Morgan fingerprint density at radius 2 is 2.30 bits per heavy atom. The van der Waals surface area contributed by atoms with Crippen molar-refractivity contribution in [3.8, 4) is 0 Å². The van der Waals surface area contributed by atoms with Gasteiger partial charge in [0.2, 0.25) is 18.1 Å². The molecular weight excluding hydrogens is 298 g/mol. The van der Waals surface area contributed by atoms with E-state index in [0.29, 0.717) is 12.5 Å². The van der Waals surface area contributed by atoms with Crippen LogP contribution in [0.15, 0.2) is 28.2 Å². The van der Waals surface area contributed by atoms with E-state index in [1.807, 2.05) is 32.0 Å². The van der Waals surface area contributed by atoms with Gasteiger partial charge >= 0.3 is 5.97 Å². The van der Waals surface area contributed by atoms with Crippen LogP contribution in [0.25, 0.3) is 11.0 Å². The molecule has 2 heterocycles. The van der Waals surface area contributed by atoms with Crippen molar-refractivity contribution in [2.24, 2.45) is 15.7 Å². The highest BCUT2D eigenvalue weighted by atomic mass is 16.4. The average molecular weight is 315 g/mol. The van der Waals surface area contributed by atoms with Crippen molar-refractivity contribution in [1.82, 2.24) is 14.9 Å². The molecule has 1 unspecified atom stereocenters. The lowest BCUT2D eigenvalue weighted by atomic mass is 10.2. The van der Waals surface area contributed by atoms with Crippen LogP contribution in [0.5, 0.6) is 0 Å². The predicted molar refractivity (Wildman–Crippen MR) is 87.3 cm³/mol. The number of H-pyrrole nitrogens is 1. The molecule has 0 saturated carbocycles. The summed E-state index contributed by atoms with van der Waals surface area (Å²) < 4.78 is 0. The number of likely N-dealkylation sites (N-methyl/N-ethyl adjacent to an activating group) is 1. The van der Waals surface area contributed by atoms with Gasteiger partial charge in [0.15, 0.2) is 0 Å². The van der Waals surface area contributed by atoms with Crippen molar-refractivity contribution in [2.45, 2.75) is 20.0 Å². The highest BCUT2D eigenvalue weighted by Gasteiger charge is 2.30. The topological polar surface area (TPSA) is 132 Å². The van der Waals surface area contributed by atoms with E-state index in [0.717, 1.165) is 22.5 Å². The van der Waals surface area contributed by atoms with Crippen LogP contribution in [-0.4, -0.2) is 50.6 Å². The van der Waals surface area contributed by atoms with Gasteiger partial charge in [-0.25, -0.2) is 14.8 Å². The standard InChI is InChI=1S/C14H17N7O2/c1-3-21-11(12(22)23)19-13(15)20-14(21)18-8-4-5-9-10(6-8)17-7(2)16-9/h4-6,11H,3H2,1-2H3,(H,16,17)(H,22,23)(H3,15,18,19,20). The molecule has 1 aliphatic rings. The third-order valence-electron chi connectivity index (χ3n) is 3.46. The number of carbonyl (C=O) groups is 1. The van der Waals surface area contributed by atoms with Crippen molar-refractivity contribution >= 4 is 34.6 Å². The lowest BCUT2D eigenvalue weighted by Gasteiger charge is -2.31. The molecule has 23 heavy (non-hydrogen) atoms. The minimum Gasteiger partial charge on any atom is -0.478 e. The summed E-state index contributed by atoms with van der Waals surface area (Å²) in [5.41, 5.74) is 8.10. The van der Waals surface area contributed by atoms with Crippen molar-refractivity contribution in [2.75, 3.05) is 11.9 Å². The van der Waals surface area contributed by atoms with Gasteiger partial charge in [0.05, 0.1) is 11.0 Å². The Morgan fingerprint density at radius 1 is 1.52 bits per heavy atom. The molecule has 5 N–H and O–H groups in total. The number of aliphatic imine (C=N–C) groups is 2. The summed E-state index contributed by atoms with van der Waals surface area (Å²) in [5.74, 6) is 0.0207. The molecule has 3 rings (SSSR count). The lowest BCUT2D eigenvalue weighted by Crippen LogP contribution is -2.50. The summed E-state index contributed by atoms with van der Waals surface area (Å²) in [6, 6.07) is 5.60. The van der Waals surface area contributed by atoms with E-state index in [1.54, 1.807) is 0 Å². The summed E-state index contributed by atoms with van der Waals surface area (Å²) >= 11 is 0. The first kappa shape index (κ1) is 14.8. The number of guanidine groups is 2. The van der Waals surface area contributed by atoms with Gasteiger partial charge in [-0.05, 0) is 32.0 Å². The van der Waals surface area contributed by atoms with Crippen molar-refractivity contribution in [3.63, 3.8) is 0 Å². The van der Waals surface area contributed by atoms with Gasteiger partial charge in [-0.3, -0.25) is 0 Å². The fraction of sp³-hybridized carbons (Fsp3) is 0.286. The Balaban J connectivity index is 1.92. The number of nitrogens with zero attached hydrogens (tertiary/aromatic N) is 4. The third kappa shape index (κ3) is 2.80. The largest absolute Gasteiger partial charge is 0.478 e. The van der Waals surface area contributed by atoms with E-state index in [4.69, 9.17) is 5.73 Å². The van der Waals surface area contributed by atoms with E-state index in [9.17, 15) is 9.90 Å². The molecule has 0 bridgehead atoms. The second-order valence-corrected chi connectivity index (χ2v) is 5.10. The molecule has 0 aliphatic carbocycles. The molecule has 9 heteroatoms. The molecule has 1 atom stereocenters. The number of carboxylic acid groups (broad SMARTS) is 1. The molecule has 1 aromatic carbocycles. The van der Waals surface area contributed by atoms with Crippen LogP contribution in [0.3, 0.4) is 0 Å². The number of benzene rings is 1. The zero-order chi connectivity index (χ0) is 16.6. The van der Waals surface area contributed by atoms with Crippen molar-refractivity contribution in [3.05, 3.63) is 24.0 Å². The number of imidazole rings is 1. The van der Waals surface area contributed by atoms with Gasteiger partial charge in [-0.1, -0.05) is 0 Å². The molecule has 0 radical (unpaired) electrons. The maximum Gasteiger partial charge on any atom is 0.349 e. The van der Waals surface area contributed by atoms with E-state index in [-0.39, 0.29) is 5.96 Å². The van der Waals surface area contributed by atoms with Gasteiger partial charge in [-0.2, -0.15) is 4.99 Å². The zero-order valence-electron chi connectivity index (χ0n) is 12.7. The highest BCUT2D eigenvalue weighted by Crippen LogP contribution is 2.19. The van der Waals surface area contributed by atoms with Crippen LogP contribution < -0.4 is 11.1 Å². The van der Waals surface area contributed by atoms with Crippen LogP contribution in [0, 0.1) is 6.92 Å². The number of fused-ring (bicyclic) bond motifs is 1. The van der Waals surface area contributed by atoms with E-state index >= 15 is 0 Å². The maximum atomic E-state index is 11.3. The predicted octanol–water partition coefficient (Wildman–Crippen LogP) is 0.700. The number of carboxylic acids is 1. The van der Waals surface area contributed by atoms with Gasteiger partial charge in [-0.15, -0.1) is 0 Å². The Morgan fingerprint density at radius 3 is 3.00 bits per heavy atom. The number of hydrogen-bond donors (Lipinski definition) is 4. The quantitative estimate of drug-likeness (QED) is 0.659. The van der Waals surface area contributed by atoms with E-state index in [2.05, 4.69) is 25.3 Å². The second kappa shape index (κ2) is 5.59. The van der Waals surface area contributed by atoms with Gasteiger partial charge in [0.1, 0.15) is 5.82 Å². The monoisotopic (exact) mass is 315 g/mol. The van der Waals surface area contributed by atoms with Gasteiger partial charge in [0, 0.05) is 12.2 Å². The number of rotatable bonds is 3. The molecule has 9 nitrogen and oxygen atoms in total. The minimum absolute atomic E-state index is 0.0682. The first-order valence-electron chi connectivity index (χ1n) is 7.12. The summed E-state index contributed by atoms with van der Waals surface area (Å²) in [7, 11) is 0. The number of aromatic nitrogens is 2. The molecule has 0 saturated heterocycles. The molecule has 0 spiro atoms. The Labute approximate surface area is 131 Å². The first-order valence-corrected chi connectivity index (χ1v) is 7.12. The molecule has 120 valence electrons. The Hall–Kier alpha value is -3.10. The number of anilines is 1. The number of hydrogen-bond acceptors (Lipinski definition) is 7. The van der Waals surface area contributed by atoms with Crippen LogP contribution in [0.1, 0.15) is 12.7 Å². The molecule has 1 aromatic heterocycles. The Bertz CT molecular complexity index is 824. The average Bonchev–Trinajstić information content (AvgIpc) is 2.86. The zero-order valence-corrected chi connectivity index (χ0v) is 12.7. The third-order valence-corrected chi connectivity index (χ3v) is 3.46.